The molecule has 0 amide bonds. The second-order valence-electron chi connectivity index (χ2n) is 4.82. The SMILES string of the molecule is CC1CCC(NCCC#N)CC1NCCC#N. The molecule has 0 heterocycles. The average molecular weight is 234 g/mol. The Hall–Kier alpha value is -1.10. The van der Waals surface area contributed by atoms with E-state index in [4.69, 9.17) is 10.5 Å². The van der Waals surface area contributed by atoms with Crippen LogP contribution in [0.2, 0.25) is 0 Å². The lowest BCUT2D eigenvalue weighted by Gasteiger charge is -2.35. The van der Waals surface area contributed by atoms with Crippen LogP contribution in [0.15, 0.2) is 0 Å². The van der Waals surface area contributed by atoms with Gasteiger partial charge < -0.3 is 10.6 Å². The minimum absolute atomic E-state index is 0.511. The summed E-state index contributed by atoms with van der Waals surface area (Å²) in [6.45, 7) is 3.85. The van der Waals surface area contributed by atoms with E-state index in [0.717, 1.165) is 19.5 Å². The predicted molar refractivity (Wildman–Crippen MR) is 67.1 cm³/mol. The topological polar surface area (TPSA) is 71.6 Å². The van der Waals surface area contributed by atoms with E-state index < -0.39 is 0 Å². The molecule has 3 atom stereocenters. The second-order valence-corrected chi connectivity index (χ2v) is 4.82. The predicted octanol–water partition coefficient (Wildman–Crippen LogP) is 1.55. The van der Waals surface area contributed by atoms with Crippen LogP contribution in [0.5, 0.6) is 0 Å². The van der Waals surface area contributed by atoms with Gasteiger partial charge in [0.2, 0.25) is 0 Å². The lowest BCUT2D eigenvalue weighted by Crippen LogP contribution is -2.46. The van der Waals surface area contributed by atoms with Gasteiger partial charge in [-0.05, 0) is 25.2 Å². The Morgan fingerprint density at radius 3 is 2.35 bits per heavy atom. The summed E-state index contributed by atoms with van der Waals surface area (Å²) >= 11 is 0. The molecule has 1 fully saturated rings. The van der Waals surface area contributed by atoms with E-state index in [1.165, 1.54) is 12.8 Å². The standard InChI is InChI=1S/C13H22N4/c1-11-4-5-12(16-8-2-6-14)10-13(11)17-9-3-7-15/h11-13,16-17H,2-5,8-10H2,1H3. The van der Waals surface area contributed by atoms with Crippen molar-refractivity contribution in [2.24, 2.45) is 5.92 Å². The third-order valence-corrected chi connectivity index (χ3v) is 3.51. The molecular formula is C13H22N4. The lowest BCUT2D eigenvalue weighted by molar-refractivity contribution is 0.236. The molecule has 2 N–H and O–H groups in total. The van der Waals surface area contributed by atoms with Crippen LogP contribution in [0.4, 0.5) is 0 Å². The molecule has 1 saturated carbocycles. The second kappa shape index (κ2) is 8.06. The van der Waals surface area contributed by atoms with Crippen molar-refractivity contribution < 1.29 is 0 Å². The summed E-state index contributed by atoms with van der Waals surface area (Å²) in [6, 6.07) is 5.35. The van der Waals surface area contributed by atoms with Crippen molar-refractivity contribution in [2.45, 2.75) is 51.1 Å². The molecule has 94 valence electrons. The number of nitriles is 2. The molecule has 4 heteroatoms. The number of hydrogen-bond acceptors (Lipinski definition) is 4. The highest BCUT2D eigenvalue weighted by atomic mass is 15.0. The Kier molecular flexibility index (Phi) is 6.62. The zero-order chi connectivity index (χ0) is 12.5. The number of hydrogen-bond donors (Lipinski definition) is 2. The van der Waals surface area contributed by atoms with Gasteiger partial charge in [0.05, 0.1) is 12.1 Å². The summed E-state index contributed by atoms with van der Waals surface area (Å²) in [5.74, 6) is 0.683. The molecule has 17 heavy (non-hydrogen) atoms. The van der Waals surface area contributed by atoms with Crippen molar-refractivity contribution >= 4 is 0 Å². The average Bonchev–Trinajstić information content (AvgIpc) is 2.33. The first-order chi connectivity index (χ1) is 8.27. The van der Waals surface area contributed by atoms with Crippen molar-refractivity contribution in [2.75, 3.05) is 13.1 Å². The summed E-state index contributed by atoms with van der Waals surface area (Å²) < 4.78 is 0. The normalized spacial score (nSPS) is 28.3. The molecule has 1 rings (SSSR count). The third kappa shape index (κ3) is 5.17. The fourth-order valence-corrected chi connectivity index (χ4v) is 2.44. The monoisotopic (exact) mass is 234 g/mol. The van der Waals surface area contributed by atoms with Crippen molar-refractivity contribution in [3.8, 4) is 12.1 Å². The Bertz CT molecular complexity index is 289. The Morgan fingerprint density at radius 1 is 1.06 bits per heavy atom. The summed E-state index contributed by atoms with van der Waals surface area (Å²) in [5, 5.41) is 23.9. The molecule has 0 radical (unpaired) electrons. The highest BCUT2D eigenvalue weighted by Crippen LogP contribution is 2.24. The Morgan fingerprint density at radius 2 is 1.71 bits per heavy atom. The molecule has 0 saturated heterocycles. The van der Waals surface area contributed by atoms with E-state index in [9.17, 15) is 0 Å². The van der Waals surface area contributed by atoms with Gasteiger partial charge in [0.25, 0.3) is 0 Å². The van der Waals surface area contributed by atoms with Crippen LogP contribution in [0.3, 0.4) is 0 Å². The van der Waals surface area contributed by atoms with Gasteiger partial charge in [-0.2, -0.15) is 10.5 Å². The van der Waals surface area contributed by atoms with Gasteiger partial charge in [0.15, 0.2) is 0 Å². The van der Waals surface area contributed by atoms with Crippen molar-refractivity contribution in [1.29, 1.82) is 10.5 Å². The first-order valence-corrected chi connectivity index (χ1v) is 6.48. The van der Waals surface area contributed by atoms with E-state index in [1.807, 2.05) is 0 Å². The van der Waals surface area contributed by atoms with Crippen LogP contribution in [-0.4, -0.2) is 25.2 Å². The first-order valence-electron chi connectivity index (χ1n) is 6.48. The van der Waals surface area contributed by atoms with Gasteiger partial charge >= 0.3 is 0 Å². The fraction of sp³-hybridized carbons (Fsp3) is 0.846. The van der Waals surface area contributed by atoms with E-state index in [2.05, 4.69) is 29.7 Å². The van der Waals surface area contributed by atoms with E-state index in [-0.39, 0.29) is 0 Å². The number of rotatable bonds is 6. The molecule has 0 aromatic heterocycles. The molecular weight excluding hydrogens is 212 g/mol. The zero-order valence-electron chi connectivity index (χ0n) is 10.6. The minimum Gasteiger partial charge on any atom is -0.313 e. The Labute approximate surface area is 104 Å². The molecule has 4 nitrogen and oxygen atoms in total. The molecule has 3 unspecified atom stereocenters. The van der Waals surface area contributed by atoms with E-state index in [1.54, 1.807) is 0 Å². The van der Waals surface area contributed by atoms with Gasteiger partial charge in [-0.3, -0.25) is 0 Å². The molecule has 0 bridgehead atoms. The highest BCUT2D eigenvalue weighted by Gasteiger charge is 2.26. The molecule has 1 aliphatic carbocycles. The van der Waals surface area contributed by atoms with E-state index in [0.29, 0.717) is 30.8 Å². The summed E-state index contributed by atoms with van der Waals surface area (Å²) in [4.78, 5) is 0. The quantitative estimate of drug-likeness (QED) is 0.684. The Balaban J connectivity index is 2.27. The smallest absolute Gasteiger partial charge is 0.0635 e. The molecule has 0 aromatic carbocycles. The maximum atomic E-state index is 8.52. The van der Waals surface area contributed by atoms with Crippen LogP contribution < -0.4 is 10.6 Å². The largest absolute Gasteiger partial charge is 0.313 e. The van der Waals surface area contributed by atoms with Crippen LogP contribution in [0, 0.1) is 28.6 Å². The fourth-order valence-electron chi connectivity index (χ4n) is 2.44. The minimum atomic E-state index is 0.511. The number of nitrogens with zero attached hydrogens (tertiary/aromatic N) is 2. The zero-order valence-corrected chi connectivity index (χ0v) is 10.6. The van der Waals surface area contributed by atoms with Crippen molar-refractivity contribution in [1.82, 2.24) is 10.6 Å². The third-order valence-electron chi connectivity index (χ3n) is 3.51. The van der Waals surface area contributed by atoms with Crippen LogP contribution in [0.1, 0.15) is 39.0 Å². The van der Waals surface area contributed by atoms with Gasteiger partial charge in [-0.25, -0.2) is 0 Å². The van der Waals surface area contributed by atoms with Crippen molar-refractivity contribution in [3.63, 3.8) is 0 Å². The van der Waals surface area contributed by atoms with Gasteiger partial charge in [-0.1, -0.05) is 6.92 Å². The van der Waals surface area contributed by atoms with Gasteiger partial charge in [-0.15, -0.1) is 0 Å². The summed E-state index contributed by atoms with van der Waals surface area (Å²) in [5.41, 5.74) is 0. The lowest BCUT2D eigenvalue weighted by atomic mass is 9.82. The van der Waals surface area contributed by atoms with E-state index >= 15 is 0 Å². The number of nitrogens with one attached hydrogen (secondary N) is 2. The highest BCUT2D eigenvalue weighted by molar-refractivity contribution is 4.87. The van der Waals surface area contributed by atoms with Crippen LogP contribution in [-0.2, 0) is 0 Å². The first kappa shape index (κ1) is 14.0. The van der Waals surface area contributed by atoms with Gasteiger partial charge in [0.1, 0.15) is 0 Å². The summed E-state index contributed by atoms with van der Waals surface area (Å²) in [7, 11) is 0. The molecule has 0 aliphatic heterocycles. The van der Waals surface area contributed by atoms with Crippen LogP contribution >= 0.6 is 0 Å². The maximum Gasteiger partial charge on any atom is 0.0635 e. The summed E-state index contributed by atoms with van der Waals surface area (Å²) in [6.07, 6.45) is 4.68. The molecule has 1 aliphatic rings. The van der Waals surface area contributed by atoms with Crippen LogP contribution in [0.25, 0.3) is 0 Å². The van der Waals surface area contributed by atoms with Gasteiger partial charge in [0, 0.05) is 38.0 Å². The van der Waals surface area contributed by atoms with Crippen molar-refractivity contribution in [3.05, 3.63) is 0 Å². The molecule has 0 spiro atoms. The molecule has 0 aromatic rings. The maximum absolute atomic E-state index is 8.52.